The number of anilines is 1. The Bertz CT molecular complexity index is 1710. The molecule has 0 bridgehead atoms. The van der Waals surface area contributed by atoms with Gasteiger partial charge in [0.25, 0.3) is 10.0 Å². The van der Waals surface area contributed by atoms with Crippen molar-refractivity contribution in [3.05, 3.63) is 130 Å². The van der Waals surface area contributed by atoms with Crippen LogP contribution in [0.15, 0.2) is 108 Å². The molecule has 4 aromatic carbocycles. The molecule has 7 nitrogen and oxygen atoms in total. The largest absolute Gasteiger partial charge is 0.354 e. The number of sulfonamides is 1. The summed E-state index contributed by atoms with van der Waals surface area (Å²) in [5.41, 5.74) is 3.61. The number of halogens is 1. The van der Waals surface area contributed by atoms with E-state index in [2.05, 4.69) is 5.32 Å². The van der Waals surface area contributed by atoms with Gasteiger partial charge in [0.05, 0.1) is 10.6 Å². The molecule has 0 saturated heterocycles. The van der Waals surface area contributed by atoms with Crippen LogP contribution < -0.4 is 9.62 Å². The molecule has 0 aliphatic rings. The maximum atomic E-state index is 14.5. The Hall–Kier alpha value is -4.14. The van der Waals surface area contributed by atoms with Gasteiger partial charge in [-0.2, -0.15) is 0 Å². The summed E-state index contributed by atoms with van der Waals surface area (Å²) in [6.07, 6.45) is 0.232. The van der Waals surface area contributed by atoms with Gasteiger partial charge in [0.15, 0.2) is 0 Å². The fourth-order valence-corrected chi connectivity index (χ4v) is 6.54. The first kappa shape index (κ1) is 33.7. The summed E-state index contributed by atoms with van der Waals surface area (Å²) in [4.78, 5) is 29.9. The van der Waals surface area contributed by atoms with Crippen LogP contribution >= 0.6 is 11.6 Å². The number of rotatable bonds is 13. The Kier molecular flexibility index (Phi) is 11.4. The van der Waals surface area contributed by atoms with Gasteiger partial charge in [-0.05, 0) is 66.8 Å². The van der Waals surface area contributed by atoms with Crippen molar-refractivity contribution in [1.29, 1.82) is 0 Å². The fraction of sp³-hybridized carbons (Fsp3) is 0.278. The van der Waals surface area contributed by atoms with Gasteiger partial charge in [0, 0.05) is 24.5 Å². The number of aryl methyl sites for hydroxylation is 2. The van der Waals surface area contributed by atoms with Crippen LogP contribution in [-0.4, -0.2) is 44.3 Å². The number of carbonyl (C=O) groups excluding carboxylic acids is 2. The molecule has 0 aliphatic carbocycles. The summed E-state index contributed by atoms with van der Waals surface area (Å²) in [7, 11) is -4.16. The molecular weight excluding hydrogens is 606 g/mol. The van der Waals surface area contributed by atoms with Gasteiger partial charge in [-0.15, -0.1) is 0 Å². The quantitative estimate of drug-likeness (QED) is 0.178. The van der Waals surface area contributed by atoms with E-state index in [0.717, 1.165) is 21.0 Å². The minimum atomic E-state index is -4.16. The third-order valence-corrected chi connectivity index (χ3v) is 9.59. The van der Waals surface area contributed by atoms with Crippen molar-refractivity contribution < 1.29 is 18.0 Å². The zero-order valence-electron chi connectivity index (χ0n) is 26.1. The zero-order valence-corrected chi connectivity index (χ0v) is 27.7. The predicted molar refractivity (Wildman–Crippen MR) is 181 cm³/mol. The average Bonchev–Trinajstić information content (AvgIpc) is 3.01. The molecule has 2 amide bonds. The summed E-state index contributed by atoms with van der Waals surface area (Å²) < 4.78 is 29.4. The van der Waals surface area contributed by atoms with E-state index in [1.807, 2.05) is 70.2 Å². The van der Waals surface area contributed by atoms with Crippen LogP contribution in [0.1, 0.15) is 36.1 Å². The molecule has 9 heteroatoms. The van der Waals surface area contributed by atoms with Crippen LogP contribution in [-0.2, 0) is 32.6 Å². The highest BCUT2D eigenvalue weighted by atomic mass is 35.5. The third kappa shape index (κ3) is 8.96. The Labute approximate surface area is 271 Å². The van der Waals surface area contributed by atoms with E-state index in [-0.39, 0.29) is 29.7 Å². The Morgan fingerprint density at radius 2 is 1.49 bits per heavy atom. The molecule has 45 heavy (non-hydrogen) atoms. The molecule has 1 N–H and O–H groups in total. The summed E-state index contributed by atoms with van der Waals surface area (Å²) in [6.45, 7) is 7.64. The first-order chi connectivity index (χ1) is 21.5. The lowest BCUT2D eigenvalue weighted by molar-refractivity contribution is -0.140. The van der Waals surface area contributed by atoms with Gasteiger partial charge in [-0.3, -0.25) is 13.9 Å². The second kappa shape index (κ2) is 15.2. The monoisotopic (exact) mass is 645 g/mol. The SMILES string of the molecule is Cc1ccc(S(=O)(=O)N(CC(=O)N(Cc2ccccc2Cl)[C@H](Cc2ccccc2)C(=O)NCC(C)C)c2cccc(C)c2)cc1. The van der Waals surface area contributed by atoms with Crippen LogP contribution in [0.2, 0.25) is 5.02 Å². The molecule has 0 heterocycles. The Morgan fingerprint density at radius 1 is 0.822 bits per heavy atom. The highest BCUT2D eigenvalue weighted by molar-refractivity contribution is 7.92. The lowest BCUT2D eigenvalue weighted by Crippen LogP contribution is -2.53. The molecule has 0 fully saturated rings. The summed E-state index contributed by atoms with van der Waals surface area (Å²) in [5.74, 6) is -0.667. The maximum Gasteiger partial charge on any atom is 0.264 e. The Morgan fingerprint density at radius 3 is 2.13 bits per heavy atom. The molecule has 0 spiro atoms. The number of nitrogens with zero attached hydrogens (tertiary/aromatic N) is 2. The summed E-state index contributed by atoms with van der Waals surface area (Å²) in [6, 6.07) is 29.2. The van der Waals surface area contributed by atoms with Gasteiger partial charge in [-0.1, -0.05) is 104 Å². The first-order valence-corrected chi connectivity index (χ1v) is 16.8. The predicted octanol–water partition coefficient (Wildman–Crippen LogP) is 6.56. The molecular formula is C36H40ClN3O4S. The van der Waals surface area contributed by atoms with Crippen molar-refractivity contribution in [2.24, 2.45) is 5.92 Å². The van der Waals surface area contributed by atoms with Crippen LogP contribution in [0.4, 0.5) is 5.69 Å². The normalized spacial score (nSPS) is 12.0. The van der Waals surface area contributed by atoms with Crippen molar-refractivity contribution >= 4 is 39.1 Å². The standard InChI is InChI=1S/C36H40ClN3O4S/c1-26(2)23-38-36(42)34(22-29-12-6-5-7-13-29)39(24-30-14-8-9-16-33(30)37)35(41)25-40(31-15-10-11-28(4)21-31)45(43,44)32-19-17-27(3)18-20-32/h5-21,26,34H,22-25H2,1-4H3,(H,38,42)/t34-/m1/s1. The third-order valence-electron chi connectivity index (χ3n) is 7.43. The van der Waals surface area contributed by atoms with Crippen LogP contribution in [0.5, 0.6) is 0 Å². The average molecular weight is 646 g/mol. The van der Waals surface area contributed by atoms with Gasteiger partial charge in [-0.25, -0.2) is 8.42 Å². The van der Waals surface area contributed by atoms with E-state index in [9.17, 15) is 18.0 Å². The maximum absolute atomic E-state index is 14.5. The first-order valence-electron chi connectivity index (χ1n) is 15.0. The molecule has 236 valence electrons. The van der Waals surface area contributed by atoms with Crippen LogP contribution in [0.3, 0.4) is 0 Å². The lowest BCUT2D eigenvalue weighted by atomic mass is 10.0. The van der Waals surface area contributed by atoms with E-state index < -0.39 is 28.5 Å². The van der Waals surface area contributed by atoms with Crippen LogP contribution in [0, 0.1) is 19.8 Å². The van der Waals surface area contributed by atoms with Crippen molar-refractivity contribution in [1.82, 2.24) is 10.2 Å². The van der Waals surface area contributed by atoms with E-state index in [1.54, 1.807) is 48.5 Å². The van der Waals surface area contributed by atoms with Gasteiger partial charge < -0.3 is 10.2 Å². The molecule has 0 radical (unpaired) electrons. The summed E-state index contributed by atoms with van der Waals surface area (Å²) in [5, 5.41) is 3.44. The molecule has 4 aromatic rings. The second-order valence-electron chi connectivity index (χ2n) is 11.6. The minimum Gasteiger partial charge on any atom is -0.354 e. The molecule has 0 aromatic heterocycles. The van der Waals surface area contributed by atoms with Gasteiger partial charge >= 0.3 is 0 Å². The van der Waals surface area contributed by atoms with E-state index in [4.69, 9.17) is 11.6 Å². The highest BCUT2D eigenvalue weighted by Crippen LogP contribution is 2.27. The van der Waals surface area contributed by atoms with E-state index in [1.165, 1.54) is 17.0 Å². The fourth-order valence-electron chi connectivity index (χ4n) is 4.94. The number of amides is 2. The smallest absolute Gasteiger partial charge is 0.264 e. The second-order valence-corrected chi connectivity index (χ2v) is 13.9. The Balaban J connectivity index is 1.81. The van der Waals surface area contributed by atoms with Crippen molar-refractivity contribution in [3.63, 3.8) is 0 Å². The van der Waals surface area contributed by atoms with Crippen molar-refractivity contribution in [2.75, 3.05) is 17.4 Å². The number of carbonyl (C=O) groups is 2. The number of nitrogens with one attached hydrogen (secondary N) is 1. The van der Waals surface area contributed by atoms with Crippen molar-refractivity contribution in [3.8, 4) is 0 Å². The molecule has 0 saturated carbocycles. The number of hydrogen-bond acceptors (Lipinski definition) is 4. The zero-order chi connectivity index (χ0) is 32.6. The van der Waals surface area contributed by atoms with Crippen LogP contribution in [0.25, 0.3) is 0 Å². The highest BCUT2D eigenvalue weighted by Gasteiger charge is 2.35. The molecule has 0 unspecified atom stereocenters. The van der Waals surface area contributed by atoms with E-state index in [0.29, 0.717) is 22.8 Å². The number of hydrogen-bond donors (Lipinski definition) is 1. The van der Waals surface area contributed by atoms with Crippen molar-refractivity contribution in [2.45, 2.75) is 51.6 Å². The minimum absolute atomic E-state index is 0.0113. The molecule has 0 aliphatic heterocycles. The van der Waals surface area contributed by atoms with Gasteiger partial charge in [0.2, 0.25) is 11.8 Å². The molecule has 1 atom stereocenters. The molecule has 4 rings (SSSR count). The van der Waals surface area contributed by atoms with E-state index >= 15 is 0 Å². The lowest BCUT2D eigenvalue weighted by Gasteiger charge is -2.34. The topological polar surface area (TPSA) is 86.8 Å². The summed E-state index contributed by atoms with van der Waals surface area (Å²) >= 11 is 6.56. The van der Waals surface area contributed by atoms with Gasteiger partial charge in [0.1, 0.15) is 12.6 Å². The number of benzene rings is 4.